The van der Waals surface area contributed by atoms with Gasteiger partial charge in [0.15, 0.2) is 11.5 Å². The summed E-state index contributed by atoms with van der Waals surface area (Å²) in [4.78, 5) is 18.1. The van der Waals surface area contributed by atoms with E-state index in [1.807, 2.05) is 18.2 Å². The maximum Gasteiger partial charge on any atom is 0.305 e. The zero-order valence-corrected chi connectivity index (χ0v) is 12.8. The largest absolute Gasteiger partial charge is 0.454 e. The Labute approximate surface area is 131 Å². The lowest BCUT2D eigenvalue weighted by atomic mass is 10.1. The van der Waals surface area contributed by atoms with Gasteiger partial charge in [0.25, 0.3) is 0 Å². The number of aromatic nitrogens is 1. The number of hydrogen-bond donors (Lipinski definition) is 1. The monoisotopic (exact) mass is 320 g/mol. The number of H-pyrrole nitrogens is 1. The molecule has 0 atom stereocenters. The van der Waals surface area contributed by atoms with Crippen LogP contribution in [0.15, 0.2) is 23.0 Å². The van der Waals surface area contributed by atoms with Gasteiger partial charge in [-0.3, -0.25) is 9.69 Å². The van der Waals surface area contributed by atoms with E-state index in [0.29, 0.717) is 0 Å². The third-order valence-electron chi connectivity index (χ3n) is 3.85. The molecule has 7 heteroatoms. The Bertz CT molecular complexity index is 733. The van der Waals surface area contributed by atoms with E-state index in [1.165, 1.54) is 11.3 Å². The summed E-state index contributed by atoms with van der Waals surface area (Å²) in [5.41, 5.74) is 1.82. The van der Waals surface area contributed by atoms with Gasteiger partial charge in [0, 0.05) is 30.1 Å². The van der Waals surface area contributed by atoms with Crippen molar-refractivity contribution in [1.29, 1.82) is 0 Å². The number of rotatable bonds is 3. The van der Waals surface area contributed by atoms with Crippen molar-refractivity contribution in [2.24, 2.45) is 0 Å². The number of nitrogens with zero attached hydrogens (tertiary/aromatic N) is 1. The van der Waals surface area contributed by atoms with Crippen LogP contribution in [0.4, 0.5) is 0 Å². The predicted molar refractivity (Wildman–Crippen MR) is 82.6 cm³/mol. The van der Waals surface area contributed by atoms with Crippen LogP contribution in [0.3, 0.4) is 0 Å². The second-order valence-corrected chi connectivity index (χ2v) is 6.34. The molecule has 2 aromatic rings. The van der Waals surface area contributed by atoms with Crippen LogP contribution in [-0.4, -0.2) is 43.0 Å². The molecule has 4 rings (SSSR count). The van der Waals surface area contributed by atoms with Crippen molar-refractivity contribution in [1.82, 2.24) is 9.88 Å². The molecule has 0 spiro atoms. The number of fused-ring (bicyclic) bond motifs is 1. The number of morpholine rings is 1. The Hall–Kier alpha value is -1.83. The molecule has 116 valence electrons. The van der Waals surface area contributed by atoms with E-state index in [9.17, 15) is 4.79 Å². The average molecular weight is 320 g/mol. The molecular weight excluding hydrogens is 304 g/mol. The highest BCUT2D eigenvalue weighted by atomic mass is 32.1. The van der Waals surface area contributed by atoms with E-state index in [1.54, 1.807) is 0 Å². The van der Waals surface area contributed by atoms with Crippen LogP contribution >= 0.6 is 11.3 Å². The van der Waals surface area contributed by atoms with Crippen LogP contribution in [0.25, 0.3) is 11.3 Å². The van der Waals surface area contributed by atoms with Gasteiger partial charge < -0.3 is 19.2 Å². The zero-order valence-electron chi connectivity index (χ0n) is 12.0. The minimum atomic E-state index is -0.0315. The van der Waals surface area contributed by atoms with Crippen molar-refractivity contribution in [3.8, 4) is 22.8 Å². The lowest BCUT2D eigenvalue weighted by Crippen LogP contribution is -2.35. The van der Waals surface area contributed by atoms with Gasteiger partial charge in [-0.15, -0.1) is 0 Å². The molecule has 6 nitrogen and oxygen atoms in total. The quantitative estimate of drug-likeness (QED) is 0.932. The van der Waals surface area contributed by atoms with Gasteiger partial charge >= 0.3 is 4.87 Å². The molecule has 1 N–H and O–H groups in total. The molecule has 0 saturated carbocycles. The van der Waals surface area contributed by atoms with Crippen molar-refractivity contribution in [2.75, 3.05) is 33.1 Å². The maximum absolute atomic E-state index is 11.8. The van der Waals surface area contributed by atoms with Crippen LogP contribution < -0.4 is 14.3 Å². The third-order valence-corrected chi connectivity index (χ3v) is 4.72. The maximum atomic E-state index is 11.8. The molecule has 1 saturated heterocycles. The summed E-state index contributed by atoms with van der Waals surface area (Å²) in [6, 6.07) is 5.75. The molecule has 2 aliphatic heterocycles. The third kappa shape index (κ3) is 2.63. The SMILES string of the molecule is O=c1[nH]c(-c2ccc3c(c2)OCO3)c(CN2CCOCC2)s1. The van der Waals surface area contributed by atoms with Crippen LogP contribution in [0, 0.1) is 0 Å². The Morgan fingerprint density at radius 3 is 2.86 bits per heavy atom. The van der Waals surface area contributed by atoms with Crippen LogP contribution in [0.2, 0.25) is 0 Å². The second-order valence-electron chi connectivity index (χ2n) is 5.27. The molecule has 1 aromatic heterocycles. The molecule has 0 bridgehead atoms. The van der Waals surface area contributed by atoms with Crippen molar-refractivity contribution < 1.29 is 14.2 Å². The lowest BCUT2D eigenvalue weighted by Gasteiger charge is -2.26. The molecule has 0 unspecified atom stereocenters. The van der Waals surface area contributed by atoms with Gasteiger partial charge in [-0.25, -0.2) is 0 Å². The lowest BCUT2D eigenvalue weighted by molar-refractivity contribution is 0.0347. The molecule has 0 aliphatic carbocycles. The highest BCUT2D eigenvalue weighted by Crippen LogP contribution is 2.36. The van der Waals surface area contributed by atoms with Gasteiger partial charge in [0.1, 0.15) is 0 Å². The van der Waals surface area contributed by atoms with Crippen molar-refractivity contribution in [3.63, 3.8) is 0 Å². The number of aromatic amines is 1. The molecule has 1 aromatic carbocycles. The number of ether oxygens (including phenoxy) is 3. The Morgan fingerprint density at radius 1 is 1.18 bits per heavy atom. The van der Waals surface area contributed by atoms with Crippen molar-refractivity contribution in [2.45, 2.75) is 6.54 Å². The Morgan fingerprint density at radius 2 is 2.00 bits per heavy atom. The van der Waals surface area contributed by atoms with E-state index in [4.69, 9.17) is 14.2 Å². The first-order valence-electron chi connectivity index (χ1n) is 7.22. The number of hydrogen-bond acceptors (Lipinski definition) is 6. The first kappa shape index (κ1) is 13.8. The normalized spacial score (nSPS) is 17.8. The molecule has 0 radical (unpaired) electrons. The number of nitrogens with one attached hydrogen (secondary N) is 1. The van der Waals surface area contributed by atoms with E-state index in [0.717, 1.165) is 60.5 Å². The van der Waals surface area contributed by atoms with E-state index in [-0.39, 0.29) is 11.7 Å². The first-order valence-corrected chi connectivity index (χ1v) is 8.03. The summed E-state index contributed by atoms with van der Waals surface area (Å²) >= 11 is 1.27. The predicted octanol–water partition coefficient (Wildman–Crippen LogP) is 1.66. The highest BCUT2D eigenvalue weighted by molar-refractivity contribution is 7.09. The molecule has 0 amide bonds. The topological polar surface area (TPSA) is 63.8 Å². The second kappa shape index (κ2) is 5.75. The molecular formula is C15H16N2O4S. The van der Waals surface area contributed by atoms with Gasteiger partial charge in [-0.05, 0) is 18.2 Å². The number of benzene rings is 1. The fourth-order valence-corrected chi connectivity index (χ4v) is 3.61. The molecule has 1 fully saturated rings. The van der Waals surface area contributed by atoms with E-state index >= 15 is 0 Å². The molecule has 2 aliphatic rings. The zero-order chi connectivity index (χ0) is 14.9. The highest BCUT2D eigenvalue weighted by Gasteiger charge is 2.19. The van der Waals surface area contributed by atoms with Gasteiger partial charge in [0.2, 0.25) is 6.79 Å². The summed E-state index contributed by atoms with van der Waals surface area (Å²) in [6.45, 7) is 4.30. The minimum Gasteiger partial charge on any atom is -0.454 e. The Kier molecular flexibility index (Phi) is 3.61. The summed E-state index contributed by atoms with van der Waals surface area (Å²) in [5, 5.41) is 0. The average Bonchev–Trinajstić information content (AvgIpc) is 3.14. The summed E-state index contributed by atoms with van der Waals surface area (Å²) in [6.07, 6.45) is 0. The van der Waals surface area contributed by atoms with E-state index < -0.39 is 0 Å². The fourth-order valence-electron chi connectivity index (χ4n) is 2.72. The van der Waals surface area contributed by atoms with Crippen LogP contribution in [0.1, 0.15) is 4.88 Å². The van der Waals surface area contributed by atoms with E-state index in [2.05, 4.69) is 9.88 Å². The van der Waals surface area contributed by atoms with Crippen molar-refractivity contribution >= 4 is 11.3 Å². The summed E-state index contributed by atoms with van der Waals surface area (Å²) in [7, 11) is 0. The Balaban J connectivity index is 1.65. The van der Waals surface area contributed by atoms with Gasteiger partial charge in [-0.2, -0.15) is 0 Å². The van der Waals surface area contributed by atoms with Gasteiger partial charge in [-0.1, -0.05) is 11.3 Å². The van der Waals surface area contributed by atoms with Crippen LogP contribution in [0.5, 0.6) is 11.5 Å². The standard InChI is InChI=1S/C15H16N2O4S/c18-15-16-14(10-1-2-11-12(7-10)21-9-20-11)13(22-15)8-17-3-5-19-6-4-17/h1-2,7H,3-6,8-9H2,(H,16,18). The summed E-state index contributed by atoms with van der Waals surface area (Å²) in [5.74, 6) is 1.47. The smallest absolute Gasteiger partial charge is 0.305 e. The number of thiazole rings is 1. The summed E-state index contributed by atoms with van der Waals surface area (Å²) < 4.78 is 16.1. The molecule has 22 heavy (non-hydrogen) atoms. The first-order chi connectivity index (χ1) is 10.8. The minimum absolute atomic E-state index is 0.0315. The van der Waals surface area contributed by atoms with Gasteiger partial charge in [0.05, 0.1) is 18.9 Å². The fraction of sp³-hybridized carbons (Fsp3) is 0.400. The van der Waals surface area contributed by atoms with Crippen molar-refractivity contribution in [3.05, 3.63) is 32.7 Å². The van der Waals surface area contributed by atoms with Crippen LogP contribution in [-0.2, 0) is 11.3 Å². The molecule has 3 heterocycles.